The van der Waals surface area contributed by atoms with Crippen molar-refractivity contribution in [3.8, 4) is 0 Å². The van der Waals surface area contributed by atoms with Gasteiger partial charge in [0.05, 0.1) is 0 Å². The van der Waals surface area contributed by atoms with Crippen LogP contribution in [-0.2, 0) is 0 Å². The molecule has 2 nitrogen and oxygen atoms in total. The molecular formula is C16H15BrClNO. The second-order valence-corrected chi connectivity index (χ2v) is 6.16. The number of hydrogen-bond acceptors (Lipinski definition) is 1. The number of hydrogen-bond donors (Lipinski definition) is 0. The molecule has 0 bridgehead atoms. The van der Waals surface area contributed by atoms with Gasteiger partial charge in [0.2, 0.25) is 0 Å². The normalized spacial score (nSPS) is 10.4. The van der Waals surface area contributed by atoms with Crippen LogP contribution in [0.15, 0.2) is 40.9 Å². The van der Waals surface area contributed by atoms with Crippen LogP contribution >= 0.6 is 27.5 Å². The third-order valence-electron chi connectivity index (χ3n) is 3.13. The smallest absolute Gasteiger partial charge is 0.258 e. The molecule has 2 rings (SSSR count). The maximum absolute atomic E-state index is 12.5. The van der Waals surface area contributed by atoms with Crippen molar-refractivity contribution < 1.29 is 4.79 Å². The predicted molar refractivity (Wildman–Crippen MR) is 87.8 cm³/mol. The van der Waals surface area contributed by atoms with E-state index in [4.69, 9.17) is 11.6 Å². The van der Waals surface area contributed by atoms with Crippen molar-refractivity contribution in [3.05, 3.63) is 62.6 Å². The minimum Gasteiger partial charge on any atom is -0.311 e. The molecule has 0 aliphatic carbocycles. The number of carbonyl (C=O) groups is 1. The molecule has 4 heteroatoms. The van der Waals surface area contributed by atoms with Gasteiger partial charge in [0.25, 0.3) is 5.91 Å². The molecule has 0 aromatic heterocycles. The summed E-state index contributed by atoms with van der Waals surface area (Å²) in [6.07, 6.45) is 0. The molecule has 0 saturated heterocycles. The van der Waals surface area contributed by atoms with Crippen molar-refractivity contribution in [2.45, 2.75) is 13.8 Å². The van der Waals surface area contributed by atoms with E-state index in [1.165, 1.54) is 5.56 Å². The van der Waals surface area contributed by atoms with Crippen LogP contribution in [0.25, 0.3) is 0 Å². The molecule has 0 atom stereocenters. The molecule has 104 valence electrons. The van der Waals surface area contributed by atoms with Crippen molar-refractivity contribution in [3.63, 3.8) is 0 Å². The average Bonchev–Trinajstić information content (AvgIpc) is 2.36. The standard InChI is InChI=1S/C16H15BrClNO/c1-10-4-5-15(11(2)6-10)19(3)16(20)12-7-13(17)9-14(18)8-12/h4-9H,1-3H3. The first-order valence-electron chi connectivity index (χ1n) is 6.20. The lowest BCUT2D eigenvalue weighted by Crippen LogP contribution is -2.26. The van der Waals surface area contributed by atoms with Crippen molar-refractivity contribution in [2.24, 2.45) is 0 Å². The van der Waals surface area contributed by atoms with Crippen LogP contribution in [0, 0.1) is 13.8 Å². The molecule has 0 N–H and O–H groups in total. The van der Waals surface area contributed by atoms with Crippen LogP contribution < -0.4 is 4.90 Å². The Hall–Kier alpha value is -1.32. The van der Waals surface area contributed by atoms with Crippen LogP contribution in [-0.4, -0.2) is 13.0 Å². The first kappa shape index (κ1) is 15.1. The second kappa shape index (κ2) is 5.98. The Morgan fingerprint density at radius 2 is 1.85 bits per heavy atom. The van der Waals surface area contributed by atoms with Gasteiger partial charge >= 0.3 is 0 Å². The second-order valence-electron chi connectivity index (χ2n) is 4.81. The Morgan fingerprint density at radius 3 is 2.45 bits per heavy atom. The highest BCUT2D eigenvalue weighted by Gasteiger charge is 2.16. The zero-order valence-electron chi connectivity index (χ0n) is 11.6. The highest BCUT2D eigenvalue weighted by atomic mass is 79.9. The van der Waals surface area contributed by atoms with Crippen LogP contribution in [0.5, 0.6) is 0 Å². The summed E-state index contributed by atoms with van der Waals surface area (Å²) in [6, 6.07) is 11.2. The van der Waals surface area contributed by atoms with Gasteiger partial charge in [-0.2, -0.15) is 0 Å². The summed E-state index contributed by atoms with van der Waals surface area (Å²) in [5.74, 6) is -0.0832. The number of carbonyl (C=O) groups excluding carboxylic acids is 1. The third kappa shape index (κ3) is 3.22. The third-order valence-corrected chi connectivity index (χ3v) is 3.80. The molecule has 0 unspecified atom stereocenters. The number of halogens is 2. The summed E-state index contributed by atoms with van der Waals surface area (Å²) >= 11 is 9.35. The van der Waals surface area contributed by atoms with Gasteiger partial charge in [0.1, 0.15) is 0 Å². The molecule has 0 saturated carbocycles. The fraction of sp³-hybridized carbons (Fsp3) is 0.188. The van der Waals surface area contributed by atoms with Crippen molar-refractivity contribution in [1.29, 1.82) is 0 Å². The summed E-state index contributed by atoms with van der Waals surface area (Å²) in [4.78, 5) is 14.2. The van der Waals surface area contributed by atoms with E-state index in [2.05, 4.69) is 22.0 Å². The number of benzene rings is 2. The lowest BCUT2D eigenvalue weighted by Gasteiger charge is -2.20. The zero-order chi connectivity index (χ0) is 14.9. The Bertz CT molecular complexity index is 649. The molecule has 0 aliphatic heterocycles. The van der Waals surface area contributed by atoms with E-state index in [1.807, 2.05) is 26.0 Å². The lowest BCUT2D eigenvalue weighted by molar-refractivity contribution is 0.0993. The van der Waals surface area contributed by atoms with Gasteiger partial charge < -0.3 is 4.90 Å². The molecule has 0 heterocycles. The van der Waals surface area contributed by atoms with Crippen LogP contribution in [0.1, 0.15) is 21.5 Å². The number of aryl methyl sites for hydroxylation is 2. The minimum absolute atomic E-state index is 0.0832. The summed E-state index contributed by atoms with van der Waals surface area (Å²) in [5.41, 5.74) is 3.71. The highest BCUT2D eigenvalue weighted by Crippen LogP contribution is 2.24. The number of anilines is 1. The van der Waals surface area contributed by atoms with Gasteiger partial charge in [-0.15, -0.1) is 0 Å². The maximum Gasteiger partial charge on any atom is 0.258 e. The summed E-state index contributed by atoms with van der Waals surface area (Å²) in [5, 5.41) is 0.539. The van der Waals surface area contributed by atoms with Crippen molar-refractivity contribution in [2.75, 3.05) is 11.9 Å². The summed E-state index contributed by atoms with van der Waals surface area (Å²) < 4.78 is 0.794. The van der Waals surface area contributed by atoms with E-state index in [-0.39, 0.29) is 5.91 Å². The molecule has 20 heavy (non-hydrogen) atoms. The van der Waals surface area contributed by atoms with Gasteiger partial charge in [-0.3, -0.25) is 4.79 Å². The van der Waals surface area contributed by atoms with E-state index in [0.29, 0.717) is 10.6 Å². The van der Waals surface area contributed by atoms with Gasteiger partial charge in [0.15, 0.2) is 0 Å². The maximum atomic E-state index is 12.5. The van der Waals surface area contributed by atoms with E-state index in [0.717, 1.165) is 15.7 Å². The first-order chi connectivity index (χ1) is 9.38. The molecular weight excluding hydrogens is 338 g/mol. The summed E-state index contributed by atoms with van der Waals surface area (Å²) in [7, 11) is 1.77. The monoisotopic (exact) mass is 351 g/mol. The van der Waals surface area contributed by atoms with Crippen molar-refractivity contribution in [1.82, 2.24) is 0 Å². The van der Waals surface area contributed by atoms with E-state index >= 15 is 0 Å². The van der Waals surface area contributed by atoms with E-state index in [1.54, 1.807) is 30.1 Å². The molecule has 0 fully saturated rings. The fourth-order valence-electron chi connectivity index (χ4n) is 2.16. The molecule has 0 aliphatic rings. The predicted octanol–water partition coefficient (Wildman–Crippen LogP) is 5.00. The molecule has 1 amide bonds. The highest BCUT2D eigenvalue weighted by molar-refractivity contribution is 9.10. The molecule has 0 radical (unpaired) electrons. The fourth-order valence-corrected chi connectivity index (χ4v) is 3.02. The van der Waals surface area contributed by atoms with Gasteiger partial charge in [-0.05, 0) is 43.7 Å². The Labute approximate surface area is 132 Å². The minimum atomic E-state index is -0.0832. The van der Waals surface area contributed by atoms with Crippen LogP contribution in [0.4, 0.5) is 5.69 Å². The van der Waals surface area contributed by atoms with Crippen LogP contribution in [0.2, 0.25) is 5.02 Å². The quantitative estimate of drug-likeness (QED) is 0.745. The molecule has 2 aromatic rings. The van der Waals surface area contributed by atoms with Gasteiger partial charge in [-0.25, -0.2) is 0 Å². The Balaban J connectivity index is 2.37. The lowest BCUT2D eigenvalue weighted by atomic mass is 10.1. The molecule has 2 aromatic carbocycles. The number of nitrogens with zero attached hydrogens (tertiary/aromatic N) is 1. The molecule has 0 spiro atoms. The van der Waals surface area contributed by atoms with Gasteiger partial charge in [-0.1, -0.05) is 45.2 Å². The largest absolute Gasteiger partial charge is 0.311 e. The average molecular weight is 353 g/mol. The Kier molecular flexibility index (Phi) is 4.51. The SMILES string of the molecule is Cc1ccc(N(C)C(=O)c2cc(Cl)cc(Br)c2)c(C)c1. The zero-order valence-corrected chi connectivity index (χ0v) is 13.9. The summed E-state index contributed by atoms with van der Waals surface area (Å²) in [6.45, 7) is 4.03. The van der Waals surface area contributed by atoms with Crippen LogP contribution in [0.3, 0.4) is 0 Å². The number of rotatable bonds is 2. The van der Waals surface area contributed by atoms with E-state index in [9.17, 15) is 4.79 Å². The topological polar surface area (TPSA) is 20.3 Å². The number of amides is 1. The van der Waals surface area contributed by atoms with E-state index < -0.39 is 0 Å². The first-order valence-corrected chi connectivity index (χ1v) is 7.37. The Morgan fingerprint density at radius 1 is 1.15 bits per heavy atom. The van der Waals surface area contributed by atoms with Crippen molar-refractivity contribution >= 4 is 39.1 Å². The van der Waals surface area contributed by atoms with Gasteiger partial charge in [0, 0.05) is 27.8 Å².